The monoisotopic (exact) mass is 298 g/mol. The molecule has 1 aromatic heterocycles. The quantitative estimate of drug-likeness (QED) is 0.716. The topological polar surface area (TPSA) is 70.7 Å². The third-order valence-electron chi connectivity index (χ3n) is 3.18. The Morgan fingerprint density at radius 2 is 1.95 bits per heavy atom. The summed E-state index contributed by atoms with van der Waals surface area (Å²) in [5.74, 6) is -1.35. The van der Waals surface area contributed by atoms with Crippen LogP contribution < -0.4 is 0 Å². The van der Waals surface area contributed by atoms with E-state index in [-0.39, 0.29) is 11.3 Å². The summed E-state index contributed by atoms with van der Waals surface area (Å²) in [6.45, 7) is 0. The molecular formula is C17H11FO4. The third kappa shape index (κ3) is 2.56. The third-order valence-corrected chi connectivity index (χ3v) is 3.18. The number of fused-ring (bicyclic) bond motifs is 1. The van der Waals surface area contributed by atoms with Gasteiger partial charge in [-0.2, -0.15) is 0 Å². The fourth-order valence-corrected chi connectivity index (χ4v) is 2.21. The van der Waals surface area contributed by atoms with E-state index in [9.17, 15) is 14.3 Å². The number of aliphatic carboxylic acids is 1. The van der Waals surface area contributed by atoms with Crippen LogP contribution in [0, 0.1) is 5.82 Å². The van der Waals surface area contributed by atoms with Gasteiger partial charge in [-0.15, -0.1) is 0 Å². The van der Waals surface area contributed by atoms with Crippen LogP contribution in [-0.4, -0.2) is 16.2 Å². The highest BCUT2D eigenvalue weighted by atomic mass is 19.1. The molecule has 0 saturated heterocycles. The molecular weight excluding hydrogens is 287 g/mol. The SMILES string of the molecule is O=C(O)/C=C/c1cc(O)c2oc(-c3ccccc3F)cc2c1. The van der Waals surface area contributed by atoms with Gasteiger partial charge in [0.15, 0.2) is 11.3 Å². The Morgan fingerprint density at radius 3 is 2.68 bits per heavy atom. The van der Waals surface area contributed by atoms with Gasteiger partial charge < -0.3 is 14.6 Å². The second-order valence-electron chi connectivity index (χ2n) is 4.72. The number of benzene rings is 2. The molecule has 4 nitrogen and oxygen atoms in total. The molecule has 3 rings (SSSR count). The van der Waals surface area contributed by atoms with Gasteiger partial charge in [0.25, 0.3) is 0 Å². The highest BCUT2D eigenvalue weighted by Crippen LogP contribution is 2.35. The van der Waals surface area contributed by atoms with Crippen molar-refractivity contribution in [3.05, 3.63) is 59.9 Å². The first-order valence-corrected chi connectivity index (χ1v) is 6.47. The van der Waals surface area contributed by atoms with Gasteiger partial charge in [0.05, 0.1) is 5.56 Å². The van der Waals surface area contributed by atoms with Gasteiger partial charge >= 0.3 is 5.97 Å². The number of phenols is 1. The molecule has 0 aliphatic carbocycles. The van der Waals surface area contributed by atoms with Gasteiger partial charge in [-0.1, -0.05) is 12.1 Å². The summed E-state index contributed by atoms with van der Waals surface area (Å²) in [7, 11) is 0. The highest BCUT2D eigenvalue weighted by Gasteiger charge is 2.13. The van der Waals surface area contributed by atoms with Crippen LogP contribution in [-0.2, 0) is 4.79 Å². The molecule has 0 bridgehead atoms. The number of carbonyl (C=O) groups is 1. The zero-order valence-corrected chi connectivity index (χ0v) is 11.3. The molecule has 1 heterocycles. The summed E-state index contributed by atoms with van der Waals surface area (Å²) in [5, 5.41) is 19.2. The summed E-state index contributed by atoms with van der Waals surface area (Å²) < 4.78 is 19.3. The Hall–Kier alpha value is -3.08. The average molecular weight is 298 g/mol. The lowest BCUT2D eigenvalue weighted by molar-refractivity contribution is -0.131. The Bertz CT molecular complexity index is 893. The maximum Gasteiger partial charge on any atom is 0.328 e. The molecule has 2 N–H and O–H groups in total. The molecule has 0 amide bonds. The van der Waals surface area contributed by atoms with Crippen molar-refractivity contribution in [3.63, 3.8) is 0 Å². The van der Waals surface area contributed by atoms with Crippen LogP contribution in [0.4, 0.5) is 4.39 Å². The molecule has 0 radical (unpaired) electrons. The van der Waals surface area contributed by atoms with Gasteiger partial charge in [-0.05, 0) is 42.0 Å². The summed E-state index contributed by atoms with van der Waals surface area (Å²) in [6.07, 6.45) is 2.33. The number of hydrogen-bond donors (Lipinski definition) is 2. The van der Waals surface area contributed by atoms with Crippen molar-refractivity contribution < 1.29 is 23.8 Å². The van der Waals surface area contributed by atoms with Gasteiger partial charge in [-0.25, -0.2) is 9.18 Å². The van der Waals surface area contributed by atoms with Crippen molar-refractivity contribution in [2.45, 2.75) is 0 Å². The Kier molecular flexibility index (Phi) is 3.39. The maximum absolute atomic E-state index is 13.8. The van der Waals surface area contributed by atoms with Crippen molar-refractivity contribution in [2.75, 3.05) is 0 Å². The van der Waals surface area contributed by atoms with Gasteiger partial charge in [0, 0.05) is 11.5 Å². The Morgan fingerprint density at radius 1 is 1.18 bits per heavy atom. The predicted molar refractivity (Wildman–Crippen MR) is 79.9 cm³/mol. The van der Waals surface area contributed by atoms with Crippen molar-refractivity contribution in [2.24, 2.45) is 0 Å². The Labute approximate surface area is 124 Å². The van der Waals surface area contributed by atoms with Crippen LogP contribution in [0.5, 0.6) is 5.75 Å². The van der Waals surface area contributed by atoms with Gasteiger partial charge in [0.1, 0.15) is 11.6 Å². The van der Waals surface area contributed by atoms with E-state index in [0.29, 0.717) is 22.3 Å². The molecule has 5 heteroatoms. The number of aromatic hydroxyl groups is 1. The van der Waals surface area contributed by atoms with E-state index in [2.05, 4.69) is 0 Å². The van der Waals surface area contributed by atoms with Crippen molar-refractivity contribution in [1.29, 1.82) is 0 Å². The number of furan rings is 1. The van der Waals surface area contributed by atoms with Crippen molar-refractivity contribution in [1.82, 2.24) is 0 Å². The Balaban J connectivity index is 2.12. The number of carboxylic acids is 1. The molecule has 110 valence electrons. The fraction of sp³-hybridized carbons (Fsp3) is 0. The van der Waals surface area contributed by atoms with Crippen LogP contribution >= 0.6 is 0 Å². The molecule has 0 unspecified atom stereocenters. The average Bonchev–Trinajstić information content (AvgIpc) is 2.90. The molecule has 0 fully saturated rings. The van der Waals surface area contributed by atoms with E-state index in [0.717, 1.165) is 6.08 Å². The van der Waals surface area contributed by atoms with E-state index in [1.807, 2.05) is 0 Å². The minimum absolute atomic E-state index is 0.134. The van der Waals surface area contributed by atoms with Crippen LogP contribution in [0.2, 0.25) is 0 Å². The summed E-state index contributed by atoms with van der Waals surface area (Å²) in [4.78, 5) is 10.5. The summed E-state index contributed by atoms with van der Waals surface area (Å²) in [6, 6.07) is 10.8. The predicted octanol–water partition coefficient (Wildman–Crippen LogP) is 4.04. The van der Waals surface area contributed by atoms with Crippen LogP contribution in [0.25, 0.3) is 28.4 Å². The van der Waals surface area contributed by atoms with Crippen LogP contribution in [0.1, 0.15) is 5.56 Å². The number of carboxylic acid groups (broad SMARTS) is 1. The normalized spacial score (nSPS) is 11.3. The molecule has 0 spiro atoms. The van der Waals surface area contributed by atoms with E-state index >= 15 is 0 Å². The van der Waals surface area contributed by atoms with Crippen molar-refractivity contribution >= 4 is 23.0 Å². The van der Waals surface area contributed by atoms with Crippen LogP contribution in [0.15, 0.2) is 53.0 Å². The minimum Gasteiger partial charge on any atom is -0.504 e. The van der Waals surface area contributed by atoms with Gasteiger partial charge in [0.2, 0.25) is 0 Å². The summed E-state index contributed by atoms with van der Waals surface area (Å²) in [5.41, 5.74) is 1.03. The summed E-state index contributed by atoms with van der Waals surface area (Å²) >= 11 is 0. The zero-order valence-electron chi connectivity index (χ0n) is 11.3. The number of halogens is 1. The van der Waals surface area contributed by atoms with Crippen LogP contribution in [0.3, 0.4) is 0 Å². The fourth-order valence-electron chi connectivity index (χ4n) is 2.21. The first-order chi connectivity index (χ1) is 10.5. The lowest BCUT2D eigenvalue weighted by atomic mass is 10.1. The molecule has 2 aromatic carbocycles. The largest absolute Gasteiger partial charge is 0.504 e. The standard InChI is InChI=1S/C17H11FO4/c18-13-4-2-1-3-12(13)15-9-11-7-10(5-6-16(20)21)8-14(19)17(11)22-15/h1-9,19H,(H,20,21)/b6-5+. The molecule has 0 saturated carbocycles. The second kappa shape index (κ2) is 5.37. The lowest BCUT2D eigenvalue weighted by Gasteiger charge is -1.98. The first-order valence-electron chi connectivity index (χ1n) is 6.47. The van der Waals surface area contributed by atoms with Gasteiger partial charge in [-0.3, -0.25) is 0 Å². The molecule has 22 heavy (non-hydrogen) atoms. The van der Waals surface area contributed by atoms with E-state index < -0.39 is 11.8 Å². The van der Waals surface area contributed by atoms with E-state index in [4.69, 9.17) is 9.52 Å². The number of hydrogen-bond acceptors (Lipinski definition) is 3. The number of rotatable bonds is 3. The maximum atomic E-state index is 13.8. The molecule has 0 aliphatic heterocycles. The number of phenolic OH excluding ortho intramolecular Hbond substituents is 1. The second-order valence-corrected chi connectivity index (χ2v) is 4.72. The minimum atomic E-state index is -1.08. The first kappa shape index (κ1) is 13.9. The lowest BCUT2D eigenvalue weighted by Crippen LogP contribution is -1.85. The van der Waals surface area contributed by atoms with E-state index in [1.54, 1.807) is 30.3 Å². The molecule has 0 atom stereocenters. The van der Waals surface area contributed by atoms with E-state index in [1.165, 1.54) is 18.2 Å². The van der Waals surface area contributed by atoms with Crippen molar-refractivity contribution in [3.8, 4) is 17.1 Å². The molecule has 3 aromatic rings. The molecule has 0 aliphatic rings. The smallest absolute Gasteiger partial charge is 0.328 e. The highest BCUT2D eigenvalue weighted by molar-refractivity contribution is 5.91. The zero-order chi connectivity index (χ0) is 15.7.